The quantitative estimate of drug-likeness (QED) is 0.515. The van der Waals surface area contributed by atoms with E-state index in [1.165, 1.54) is 5.69 Å². The zero-order valence-corrected chi connectivity index (χ0v) is 20.8. The normalized spacial score (nSPS) is 23.8. The molecule has 1 atom stereocenters. The summed E-state index contributed by atoms with van der Waals surface area (Å²) in [5.74, 6) is 0.820. The number of rotatable bonds is 4. The number of nitrogens with zero attached hydrogens (tertiary/aromatic N) is 4. The zero-order valence-electron chi connectivity index (χ0n) is 20.8. The van der Waals surface area contributed by atoms with E-state index >= 15 is 0 Å². The first-order valence-corrected chi connectivity index (χ1v) is 13.2. The first kappa shape index (κ1) is 22.3. The van der Waals surface area contributed by atoms with Crippen LogP contribution in [0.2, 0.25) is 0 Å². The monoisotopic (exact) mass is 494 g/mol. The molecule has 37 heavy (non-hydrogen) atoms. The van der Waals surface area contributed by atoms with E-state index in [-0.39, 0.29) is 11.9 Å². The molecule has 7 heteroatoms. The molecule has 1 aromatic heterocycles. The topological polar surface area (TPSA) is 66.0 Å². The molecule has 3 fully saturated rings. The second-order valence-corrected chi connectivity index (χ2v) is 10.7. The van der Waals surface area contributed by atoms with Gasteiger partial charge in [0.05, 0.1) is 17.5 Å². The number of fused-ring (bicyclic) bond motifs is 2. The van der Waals surface area contributed by atoms with Crippen LogP contribution in [0.3, 0.4) is 0 Å². The number of piperazine rings is 1. The van der Waals surface area contributed by atoms with Crippen LogP contribution in [0.4, 0.5) is 11.5 Å². The zero-order chi connectivity index (χ0) is 25.0. The number of likely N-dealkylation sites (tertiary alicyclic amines) is 1. The summed E-state index contributed by atoms with van der Waals surface area (Å²) in [6.45, 7) is 4.77. The molecule has 1 spiro atoms. The number of para-hydroxylation sites is 1. The standard InChI is InChI=1S/C30H30N4O3/c35-27-24-8-4-5-9-25(24)30(37-27)14-15-34(21-30)28(36)29(12-13-29)22-10-11-26(31-20-22)33-18-16-32(17-19-33)23-6-2-1-3-7-23/h1-11,20H,12-19,21H2. The molecular weight excluding hydrogens is 464 g/mol. The number of benzene rings is 2. The molecule has 4 heterocycles. The lowest BCUT2D eigenvalue weighted by Gasteiger charge is -2.36. The fraction of sp³-hybridized carbons (Fsp3) is 0.367. The fourth-order valence-corrected chi connectivity index (χ4v) is 6.35. The van der Waals surface area contributed by atoms with Crippen molar-refractivity contribution in [1.82, 2.24) is 9.88 Å². The molecule has 0 N–H and O–H groups in total. The second kappa shape index (κ2) is 8.33. The Bertz CT molecular complexity index is 1350. The van der Waals surface area contributed by atoms with Crippen LogP contribution in [0.15, 0.2) is 72.9 Å². The van der Waals surface area contributed by atoms with Crippen LogP contribution < -0.4 is 9.80 Å². The molecule has 7 rings (SSSR count). The van der Waals surface area contributed by atoms with Crippen molar-refractivity contribution >= 4 is 23.4 Å². The fourth-order valence-electron chi connectivity index (χ4n) is 6.35. The van der Waals surface area contributed by atoms with Gasteiger partial charge in [-0.25, -0.2) is 9.78 Å². The number of pyridine rings is 1. The predicted octanol–water partition coefficient (Wildman–Crippen LogP) is 3.74. The minimum Gasteiger partial charge on any atom is -0.449 e. The van der Waals surface area contributed by atoms with Gasteiger partial charge in [-0.3, -0.25) is 4.79 Å². The third-order valence-corrected chi connectivity index (χ3v) is 8.63. The van der Waals surface area contributed by atoms with Crippen molar-refractivity contribution in [3.63, 3.8) is 0 Å². The Morgan fingerprint density at radius 1 is 0.811 bits per heavy atom. The number of hydrogen-bond acceptors (Lipinski definition) is 6. The minimum atomic E-state index is -0.705. The number of esters is 1. The molecule has 1 aliphatic carbocycles. The number of aromatic nitrogens is 1. The van der Waals surface area contributed by atoms with Crippen molar-refractivity contribution in [2.24, 2.45) is 0 Å². The van der Waals surface area contributed by atoms with Crippen molar-refractivity contribution < 1.29 is 14.3 Å². The van der Waals surface area contributed by atoms with E-state index in [1.807, 2.05) is 41.4 Å². The summed E-state index contributed by atoms with van der Waals surface area (Å²) in [5, 5.41) is 0. The first-order chi connectivity index (χ1) is 18.1. The van der Waals surface area contributed by atoms with E-state index in [1.54, 1.807) is 0 Å². The predicted molar refractivity (Wildman–Crippen MR) is 141 cm³/mol. The van der Waals surface area contributed by atoms with Gasteiger partial charge in [-0.2, -0.15) is 0 Å². The van der Waals surface area contributed by atoms with Gasteiger partial charge in [0.25, 0.3) is 0 Å². The van der Waals surface area contributed by atoms with Crippen LogP contribution >= 0.6 is 0 Å². The Hall–Kier alpha value is -3.87. The molecular formula is C30H30N4O3. The van der Waals surface area contributed by atoms with E-state index in [0.717, 1.165) is 56.0 Å². The Morgan fingerprint density at radius 2 is 1.54 bits per heavy atom. The molecule has 3 aromatic rings. The summed E-state index contributed by atoms with van der Waals surface area (Å²) in [7, 11) is 0. The molecule has 2 saturated heterocycles. The summed E-state index contributed by atoms with van der Waals surface area (Å²) in [4.78, 5) is 37.6. The maximum atomic E-state index is 13.8. The number of anilines is 2. The Kier molecular flexibility index (Phi) is 5.03. The van der Waals surface area contributed by atoms with Gasteiger partial charge in [0.15, 0.2) is 5.60 Å². The highest BCUT2D eigenvalue weighted by Crippen LogP contribution is 2.52. The first-order valence-electron chi connectivity index (χ1n) is 13.2. The van der Waals surface area contributed by atoms with Crippen LogP contribution in [0, 0.1) is 0 Å². The number of amides is 1. The van der Waals surface area contributed by atoms with Crippen LogP contribution in [0.5, 0.6) is 0 Å². The third-order valence-electron chi connectivity index (χ3n) is 8.63. The van der Waals surface area contributed by atoms with E-state index in [0.29, 0.717) is 25.1 Å². The lowest BCUT2D eigenvalue weighted by Crippen LogP contribution is -2.46. The largest absolute Gasteiger partial charge is 0.449 e. The van der Waals surface area contributed by atoms with Crippen molar-refractivity contribution in [2.45, 2.75) is 30.3 Å². The van der Waals surface area contributed by atoms with Crippen molar-refractivity contribution in [1.29, 1.82) is 0 Å². The van der Waals surface area contributed by atoms with Crippen LogP contribution in [0.25, 0.3) is 0 Å². The highest BCUT2D eigenvalue weighted by Gasteiger charge is 2.57. The van der Waals surface area contributed by atoms with Gasteiger partial charge in [-0.1, -0.05) is 42.5 Å². The van der Waals surface area contributed by atoms with E-state index in [9.17, 15) is 9.59 Å². The van der Waals surface area contributed by atoms with E-state index in [2.05, 4.69) is 46.2 Å². The lowest BCUT2D eigenvalue weighted by atomic mass is 9.91. The van der Waals surface area contributed by atoms with Gasteiger partial charge in [0, 0.05) is 56.6 Å². The third kappa shape index (κ3) is 3.59. The number of hydrogen-bond donors (Lipinski definition) is 0. The molecule has 4 aliphatic rings. The van der Waals surface area contributed by atoms with Crippen molar-refractivity contribution in [3.8, 4) is 0 Å². The summed E-state index contributed by atoms with van der Waals surface area (Å²) >= 11 is 0. The maximum absolute atomic E-state index is 13.8. The number of carbonyl (C=O) groups excluding carboxylic acids is 2. The summed E-state index contributed by atoms with van der Waals surface area (Å²) in [6, 6.07) is 22.3. The molecule has 1 saturated carbocycles. The second-order valence-electron chi connectivity index (χ2n) is 10.7. The minimum absolute atomic E-state index is 0.135. The maximum Gasteiger partial charge on any atom is 0.339 e. The Morgan fingerprint density at radius 3 is 2.27 bits per heavy atom. The molecule has 1 unspecified atom stereocenters. The van der Waals surface area contributed by atoms with Gasteiger partial charge < -0.3 is 19.4 Å². The molecule has 188 valence electrons. The SMILES string of the molecule is O=C1OC2(CCN(C(=O)C3(c4ccc(N5CCN(c6ccccc6)CC5)nc4)CC3)C2)c2ccccc21. The van der Waals surface area contributed by atoms with E-state index < -0.39 is 11.0 Å². The lowest BCUT2D eigenvalue weighted by molar-refractivity contribution is -0.134. The van der Waals surface area contributed by atoms with Crippen LogP contribution in [-0.4, -0.2) is 61.0 Å². The van der Waals surface area contributed by atoms with E-state index in [4.69, 9.17) is 9.72 Å². The molecule has 7 nitrogen and oxygen atoms in total. The Labute approximate surface area is 216 Å². The summed E-state index contributed by atoms with van der Waals surface area (Å²) in [5.41, 5.74) is 2.60. The van der Waals surface area contributed by atoms with Crippen LogP contribution in [0.1, 0.15) is 40.7 Å². The molecule has 1 amide bonds. The van der Waals surface area contributed by atoms with Gasteiger partial charge in [0.2, 0.25) is 5.91 Å². The molecule has 0 bridgehead atoms. The van der Waals surface area contributed by atoms with Gasteiger partial charge >= 0.3 is 5.97 Å². The average molecular weight is 495 g/mol. The molecule has 0 radical (unpaired) electrons. The Balaban J connectivity index is 1.03. The van der Waals surface area contributed by atoms with Crippen molar-refractivity contribution in [2.75, 3.05) is 49.1 Å². The average Bonchev–Trinajstić information content (AvgIpc) is 3.59. The molecule has 3 aliphatic heterocycles. The number of ether oxygens (including phenoxy) is 1. The van der Waals surface area contributed by atoms with Gasteiger partial charge in [-0.05, 0) is 42.7 Å². The van der Waals surface area contributed by atoms with Gasteiger partial charge in [0.1, 0.15) is 5.82 Å². The smallest absolute Gasteiger partial charge is 0.339 e. The highest BCUT2D eigenvalue weighted by molar-refractivity contribution is 5.96. The highest BCUT2D eigenvalue weighted by atomic mass is 16.6. The molecule has 2 aromatic carbocycles. The van der Waals surface area contributed by atoms with Gasteiger partial charge in [-0.15, -0.1) is 0 Å². The number of carbonyl (C=O) groups is 2. The van der Waals surface area contributed by atoms with Crippen LogP contribution in [-0.2, 0) is 20.5 Å². The van der Waals surface area contributed by atoms with Crippen molar-refractivity contribution in [3.05, 3.63) is 89.6 Å². The summed E-state index contributed by atoms with van der Waals surface area (Å²) < 4.78 is 5.86. The summed E-state index contributed by atoms with van der Waals surface area (Å²) in [6.07, 6.45) is 4.22.